The van der Waals surface area contributed by atoms with Crippen molar-refractivity contribution in [2.24, 2.45) is 11.8 Å². The number of piperidine rings is 1. The monoisotopic (exact) mass is 323 g/mol. The Balaban J connectivity index is 1.40. The average Bonchev–Trinajstić information content (AvgIpc) is 3.33. The van der Waals surface area contributed by atoms with Crippen molar-refractivity contribution in [2.75, 3.05) is 32.8 Å². The molecular weight excluding hydrogens is 302 g/mol. The van der Waals surface area contributed by atoms with E-state index in [1.807, 2.05) is 4.90 Å². The van der Waals surface area contributed by atoms with E-state index in [2.05, 4.69) is 5.32 Å². The minimum atomic E-state index is -0.505. The van der Waals surface area contributed by atoms with Crippen LogP contribution in [0.25, 0.3) is 0 Å². The maximum absolute atomic E-state index is 12.0. The molecular formula is C15H21N3O5. The summed E-state index contributed by atoms with van der Waals surface area (Å²) in [4.78, 5) is 50.0. The molecule has 8 nitrogen and oxygen atoms in total. The average molecular weight is 323 g/mol. The number of amides is 4. The number of urea groups is 1. The summed E-state index contributed by atoms with van der Waals surface area (Å²) < 4.78 is 5.05. The van der Waals surface area contributed by atoms with E-state index >= 15 is 0 Å². The summed E-state index contributed by atoms with van der Waals surface area (Å²) in [7, 11) is 0. The number of imide groups is 1. The molecule has 126 valence electrons. The van der Waals surface area contributed by atoms with Crippen molar-refractivity contribution in [3.63, 3.8) is 0 Å². The zero-order valence-corrected chi connectivity index (χ0v) is 13.0. The van der Waals surface area contributed by atoms with Crippen molar-refractivity contribution in [2.45, 2.75) is 25.7 Å². The van der Waals surface area contributed by atoms with Gasteiger partial charge < -0.3 is 15.0 Å². The molecule has 0 atom stereocenters. The molecule has 3 aliphatic rings. The van der Waals surface area contributed by atoms with Crippen molar-refractivity contribution in [1.29, 1.82) is 0 Å². The first-order valence-corrected chi connectivity index (χ1v) is 8.10. The molecule has 0 aromatic rings. The zero-order valence-electron chi connectivity index (χ0n) is 13.0. The lowest BCUT2D eigenvalue weighted by Crippen LogP contribution is -2.42. The van der Waals surface area contributed by atoms with Crippen LogP contribution in [0.4, 0.5) is 4.79 Å². The van der Waals surface area contributed by atoms with Crippen molar-refractivity contribution in [3.05, 3.63) is 0 Å². The molecule has 3 rings (SSSR count). The molecule has 0 unspecified atom stereocenters. The Morgan fingerprint density at radius 3 is 2.30 bits per heavy atom. The summed E-state index contributed by atoms with van der Waals surface area (Å²) in [6.07, 6.45) is 3.09. The number of nitrogens with zero attached hydrogens (tertiary/aromatic N) is 2. The summed E-state index contributed by atoms with van der Waals surface area (Å²) in [5.74, 6) is -0.806. The smallest absolute Gasteiger partial charge is 0.324 e. The van der Waals surface area contributed by atoms with Crippen LogP contribution in [-0.2, 0) is 19.1 Å². The molecule has 0 bridgehead atoms. The summed E-state index contributed by atoms with van der Waals surface area (Å²) in [5.41, 5.74) is 0. The van der Waals surface area contributed by atoms with Gasteiger partial charge in [0.05, 0.1) is 5.92 Å². The fourth-order valence-electron chi connectivity index (χ4n) is 2.96. The number of ether oxygens (including phenoxy) is 1. The highest BCUT2D eigenvalue weighted by Crippen LogP contribution is 2.32. The Labute approximate surface area is 134 Å². The first-order valence-electron chi connectivity index (χ1n) is 8.10. The van der Waals surface area contributed by atoms with E-state index in [1.165, 1.54) is 0 Å². The van der Waals surface area contributed by atoms with Gasteiger partial charge in [0.15, 0.2) is 6.61 Å². The van der Waals surface area contributed by atoms with Crippen LogP contribution < -0.4 is 5.32 Å². The second kappa shape index (κ2) is 6.55. The van der Waals surface area contributed by atoms with Crippen molar-refractivity contribution in [1.82, 2.24) is 15.1 Å². The maximum Gasteiger partial charge on any atom is 0.324 e. The second-order valence-corrected chi connectivity index (χ2v) is 6.26. The van der Waals surface area contributed by atoms with E-state index in [0.717, 1.165) is 17.7 Å². The quantitative estimate of drug-likeness (QED) is 0.719. The highest BCUT2D eigenvalue weighted by atomic mass is 16.5. The van der Waals surface area contributed by atoms with E-state index in [9.17, 15) is 19.2 Å². The van der Waals surface area contributed by atoms with Gasteiger partial charge in [-0.15, -0.1) is 0 Å². The number of nitrogens with one attached hydrogen (secondary N) is 1. The molecule has 0 radical (unpaired) electrons. The minimum Gasteiger partial charge on any atom is -0.455 e. The van der Waals surface area contributed by atoms with Gasteiger partial charge in [-0.1, -0.05) is 0 Å². The summed E-state index contributed by atoms with van der Waals surface area (Å²) in [6, 6.07) is -0.446. The van der Waals surface area contributed by atoms with E-state index in [4.69, 9.17) is 4.74 Å². The number of rotatable bonds is 4. The third kappa shape index (κ3) is 3.62. The van der Waals surface area contributed by atoms with E-state index in [-0.39, 0.29) is 17.7 Å². The molecule has 0 aromatic heterocycles. The van der Waals surface area contributed by atoms with Crippen LogP contribution in [0, 0.1) is 11.8 Å². The zero-order chi connectivity index (χ0) is 16.4. The van der Waals surface area contributed by atoms with E-state index in [0.29, 0.717) is 39.0 Å². The fraction of sp³-hybridized carbons (Fsp3) is 0.733. The molecule has 23 heavy (non-hydrogen) atoms. The Bertz CT molecular complexity index is 523. The predicted octanol–water partition coefficient (Wildman–Crippen LogP) is -0.270. The highest BCUT2D eigenvalue weighted by molar-refractivity contribution is 5.97. The number of esters is 1. The van der Waals surface area contributed by atoms with Crippen LogP contribution in [0.2, 0.25) is 0 Å². The molecule has 2 aliphatic heterocycles. The van der Waals surface area contributed by atoms with Gasteiger partial charge in [-0.2, -0.15) is 0 Å². The molecule has 2 saturated heterocycles. The van der Waals surface area contributed by atoms with Gasteiger partial charge in [0.1, 0.15) is 0 Å². The molecule has 8 heteroatoms. The normalized spacial score (nSPS) is 22.0. The molecule has 2 heterocycles. The number of carbonyl (C=O) groups is 4. The van der Waals surface area contributed by atoms with Crippen LogP contribution in [0.3, 0.4) is 0 Å². The lowest BCUT2D eigenvalue weighted by molar-refractivity contribution is -0.156. The van der Waals surface area contributed by atoms with Crippen LogP contribution in [-0.4, -0.2) is 66.4 Å². The lowest BCUT2D eigenvalue weighted by atomic mass is 9.97. The standard InChI is InChI=1S/C15H21N3O5/c19-12(18-8-5-16-15(18)22)9-23-14(21)11-3-6-17(7-4-11)13(20)10-1-2-10/h10-11H,1-9H2,(H,16,22). The molecule has 1 aliphatic carbocycles. The van der Waals surface area contributed by atoms with Gasteiger partial charge in [0, 0.05) is 32.1 Å². The van der Waals surface area contributed by atoms with E-state index < -0.39 is 24.5 Å². The maximum atomic E-state index is 12.0. The number of hydrogen-bond acceptors (Lipinski definition) is 5. The first-order chi connectivity index (χ1) is 11.1. The van der Waals surface area contributed by atoms with Gasteiger partial charge in [-0.05, 0) is 25.7 Å². The SMILES string of the molecule is O=C(OCC(=O)N1CCNC1=O)C1CCN(C(=O)C2CC2)CC1. The molecule has 3 fully saturated rings. The molecule has 4 amide bonds. The predicted molar refractivity (Wildman–Crippen MR) is 78.1 cm³/mol. The molecule has 0 spiro atoms. The highest BCUT2D eigenvalue weighted by Gasteiger charge is 2.36. The molecule has 1 N–H and O–H groups in total. The fourth-order valence-corrected chi connectivity index (χ4v) is 2.96. The Hall–Kier alpha value is -2.12. The van der Waals surface area contributed by atoms with Crippen LogP contribution >= 0.6 is 0 Å². The largest absolute Gasteiger partial charge is 0.455 e. The third-order valence-electron chi connectivity index (χ3n) is 4.56. The third-order valence-corrected chi connectivity index (χ3v) is 4.56. The first kappa shape index (κ1) is 15.8. The van der Waals surface area contributed by atoms with Gasteiger partial charge >= 0.3 is 12.0 Å². The van der Waals surface area contributed by atoms with Crippen LogP contribution in [0.1, 0.15) is 25.7 Å². The van der Waals surface area contributed by atoms with Crippen LogP contribution in [0.5, 0.6) is 0 Å². The Kier molecular flexibility index (Phi) is 4.49. The minimum absolute atomic E-state index is 0.197. The lowest BCUT2D eigenvalue weighted by Gasteiger charge is -2.31. The molecule has 0 aromatic carbocycles. The van der Waals surface area contributed by atoms with Crippen molar-refractivity contribution < 1.29 is 23.9 Å². The van der Waals surface area contributed by atoms with Crippen LogP contribution in [0.15, 0.2) is 0 Å². The Morgan fingerprint density at radius 2 is 1.74 bits per heavy atom. The van der Waals surface area contributed by atoms with Crippen molar-refractivity contribution in [3.8, 4) is 0 Å². The summed E-state index contributed by atoms with van der Waals surface area (Å²) >= 11 is 0. The number of hydrogen-bond donors (Lipinski definition) is 1. The summed E-state index contributed by atoms with van der Waals surface area (Å²) in [5, 5.41) is 2.52. The Morgan fingerprint density at radius 1 is 1.04 bits per heavy atom. The van der Waals surface area contributed by atoms with Gasteiger partial charge in [-0.3, -0.25) is 19.3 Å². The van der Waals surface area contributed by atoms with Gasteiger partial charge in [-0.25, -0.2) is 4.79 Å². The number of likely N-dealkylation sites (tertiary alicyclic amines) is 1. The van der Waals surface area contributed by atoms with E-state index in [1.54, 1.807) is 0 Å². The topological polar surface area (TPSA) is 96.0 Å². The summed E-state index contributed by atoms with van der Waals surface area (Å²) in [6.45, 7) is 1.45. The second-order valence-electron chi connectivity index (χ2n) is 6.26. The van der Waals surface area contributed by atoms with Gasteiger partial charge in [0.25, 0.3) is 5.91 Å². The van der Waals surface area contributed by atoms with Gasteiger partial charge in [0.2, 0.25) is 5.91 Å². The number of carbonyl (C=O) groups excluding carboxylic acids is 4. The molecule has 1 saturated carbocycles. The van der Waals surface area contributed by atoms with Crippen molar-refractivity contribution >= 4 is 23.8 Å².